The third kappa shape index (κ3) is 3.71. The first-order valence-corrected chi connectivity index (χ1v) is 6.64. The zero-order valence-corrected chi connectivity index (χ0v) is 12.1. The van der Waals surface area contributed by atoms with Gasteiger partial charge in [0.05, 0.1) is 5.56 Å². The molecule has 108 valence electrons. The topological polar surface area (TPSA) is 79.3 Å². The minimum Gasteiger partial charge on any atom is -0.479 e. The fourth-order valence-electron chi connectivity index (χ4n) is 1.71. The van der Waals surface area contributed by atoms with Crippen molar-refractivity contribution in [3.8, 4) is 0 Å². The molecule has 1 heterocycles. The van der Waals surface area contributed by atoms with Crippen LogP contribution in [-0.4, -0.2) is 22.0 Å². The van der Waals surface area contributed by atoms with Gasteiger partial charge in [0.1, 0.15) is 5.15 Å². The van der Waals surface area contributed by atoms with Crippen LogP contribution < -0.4 is 5.32 Å². The smallest absolute Gasteiger partial charge is 0.330 e. The highest BCUT2D eigenvalue weighted by Crippen LogP contribution is 2.23. The van der Waals surface area contributed by atoms with Crippen LogP contribution in [0.15, 0.2) is 42.6 Å². The van der Waals surface area contributed by atoms with Crippen molar-refractivity contribution in [1.29, 1.82) is 0 Å². The summed E-state index contributed by atoms with van der Waals surface area (Å²) in [5, 5.41) is 12.2. The molecule has 7 heteroatoms. The number of halogens is 2. The van der Waals surface area contributed by atoms with E-state index >= 15 is 0 Å². The van der Waals surface area contributed by atoms with Crippen LogP contribution in [0.1, 0.15) is 22.0 Å². The molecule has 0 radical (unpaired) electrons. The summed E-state index contributed by atoms with van der Waals surface area (Å²) in [6.45, 7) is 0. The molecule has 0 aliphatic carbocycles. The average molecular weight is 325 g/mol. The molecule has 0 saturated carbocycles. The molecule has 0 aliphatic heterocycles. The molecule has 0 fully saturated rings. The van der Waals surface area contributed by atoms with Gasteiger partial charge >= 0.3 is 5.97 Å². The molecule has 0 saturated heterocycles. The summed E-state index contributed by atoms with van der Waals surface area (Å²) < 4.78 is 0. The van der Waals surface area contributed by atoms with Crippen LogP contribution in [0, 0.1) is 0 Å². The van der Waals surface area contributed by atoms with Crippen molar-refractivity contribution in [1.82, 2.24) is 10.3 Å². The summed E-state index contributed by atoms with van der Waals surface area (Å²) in [5.74, 6) is -1.79. The Bertz CT molecular complexity index is 674. The SMILES string of the molecule is O=C(N[C@@H](C(=O)O)c1ccccc1Cl)c1ccc(Cl)nc1. The highest BCUT2D eigenvalue weighted by atomic mass is 35.5. The van der Waals surface area contributed by atoms with Crippen LogP contribution in [0.4, 0.5) is 0 Å². The first-order chi connectivity index (χ1) is 9.99. The predicted molar refractivity (Wildman–Crippen MR) is 78.5 cm³/mol. The summed E-state index contributed by atoms with van der Waals surface area (Å²) in [4.78, 5) is 27.2. The molecule has 0 bridgehead atoms. The van der Waals surface area contributed by atoms with E-state index in [-0.39, 0.29) is 15.7 Å². The van der Waals surface area contributed by atoms with E-state index in [1.54, 1.807) is 24.3 Å². The molecule has 0 unspecified atom stereocenters. The van der Waals surface area contributed by atoms with Gasteiger partial charge in [0.2, 0.25) is 0 Å². The van der Waals surface area contributed by atoms with Crippen molar-refractivity contribution in [2.24, 2.45) is 0 Å². The van der Waals surface area contributed by atoms with Crippen molar-refractivity contribution < 1.29 is 14.7 Å². The molecule has 5 nitrogen and oxygen atoms in total. The van der Waals surface area contributed by atoms with E-state index in [9.17, 15) is 14.7 Å². The number of hydrogen-bond acceptors (Lipinski definition) is 3. The Labute approximate surface area is 130 Å². The number of amides is 1. The average Bonchev–Trinajstić information content (AvgIpc) is 2.46. The van der Waals surface area contributed by atoms with Gasteiger partial charge in [-0.25, -0.2) is 9.78 Å². The number of aliphatic carboxylic acids is 1. The number of pyridine rings is 1. The van der Waals surface area contributed by atoms with Gasteiger partial charge in [0.15, 0.2) is 6.04 Å². The van der Waals surface area contributed by atoms with E-state index in [0.717, 1.165) is 0 Å². The lowest BCUT2D eigenvalue weighted by molar-refractivity contribution is -0.139. The van der Waals surface area contributed by atoms with E-state index in [2.05, 4.69) is 10.3 Å². The van der Waals surface area contributed by atoms with Gasteiger partial charge in [0.25, 0.3) is 5.91 Å². The van der Waals surface area contributed by atoms with E-state index in [0.29, 0.717) is 5.56 Å². The van der Waals surface area contributed by atoms with Crippen molar-refractivity contribution in [3.63, 3.8) is 0 Å². The monoisotopic (exact) mass is 324 g/mol. The Balaban J connectivity index is 2.25. The van der Waals surface area contributed by atoms with Crippen LogP contribution in [0.3, 0.4) is 0 Å². The summed E-state index contributed by atoms with van der Waals surface area (Å²) in [7, 11) is 0. The highest BCUT2D eigenvalue weighted by molar-refractivity contribution is 6.31. The summed E-state index contributed by atoms with van der Waals surface area (Å²) in [6.07, 6.45) is 1.27. The number of hydrogen-bond donors (Lipinski definition) is 2. The van der Waals surface area contributed by atoms with E-state index in [4.69, 9.17) is 23.2 Å². The van der Waals surface area contributed by atoms with Gasteiger partial charge in [-0.15, -0.1) is 0 Å². The number of nitrogens with one attached hydrogen (secondary N) is 1. The van der Waals surface area contributed by atoms with Gasteiger partial charge in [0, 0.05) is 16.8 Å². The van der Waals surface area contributed by atoms with Crippen LogP contribution >= 0.6 is 23.2 Å². The highest BCUT2D eigenvalue weighted by Gasteiger charge is 2.24. The van der Waals surface area contributed by atoms with E-state index in [1.807, 2.05) is 0 Å². The second-order valence-electron chi connectivity index (χ2n) is 4.14. The maximum Gasteiger partial charge on any atom is 0.330 e. The first-order valence-electron chi connectivity index (χ1n) is 5.88. The number of aromatic nitrogens is 1. The summed E-state index contributed by atoms with van der Waals surface area (Å²) in [6, 6.07) is 8.08. The predicted octanol–water partition coefficient (Wildman–Crippen LogP) is 2.94. The lowest BCUT2D eigenvalue weighted by atomic mass is 10.1. The molecule has 2 N–H and O–H groups in total. The molecule has 21 heavy (non-hydrogen) atoms. The molecule has 0 aliphatic rings. The molecule has 2 aromatic rings. The van der Waals surface area contributed by atoms with Crippen molar-refractivity contribution in [2.75, 3.05) is 0 Å². The third-order valence-electron chi connectivity index (χ3n) is 2.73. The van der Waals surface area contributed by atoms with Crippen molar-refractivity contribution >= 4 is 35.1 Å². The fraction of sp³-hybridized carbons (Fsp3) is 0.0714. The normalized spacial score (nSPS) is 11.7. The van der Waals surface area contributed by atoms with Gasteiger partial charge in [-0.1, -0.05) is 41.4 Å². The second-order valence-corrected chi connectivity index (χ2v) is 4.93. The quantitative estimate of drug-likeness (QED) is 0.847. The second kappa shape index (κ2) is 6.56. The van der Waals surface area contributed by atoms with Crippen LogP contribution in [0.5, 0.6) is 0 Å². The van der Waals surface area contributed by atoms with Crippen LogP contribution in [0.25, 0.3) is 0 Å². The number of carboxylic acids is 1. The fourth-order valence-corrected chi connectivity index (χ4v) is 2.06. The van der Waals surface area contributed by atoms with E-state index in [1.165, 1.54) is 18.3 Å². The van der Waals surface area contributed by atoms with Crippen molar-refractivity contribution in [2.45, 2.75) is 6.04 Å². The molecular weight excluding hydrogens is 315 g/mol. The number of nitrogens with zero attached hydrogens (tertiary/aromatic N) is 1. The molecule has 1 amide bonds. The zero-order chi connectivity index (χ0) is 15.4. The van der Waals surface area contributed by atoms with Gasteiger partial charge < -0.3 is 10.4 Å². The number of benzene rings is 1. The van der Waals surface area contributed by atoms with Gasteiger partial charge in [-0.05, 0) is 18.2 Å². The standard InChI is InChI=1S/C14H10Cl2N2O3/c15-10-4-2-1-3-9(10)12(14(20)21)18-13(19)8-5-6-11(16)17-7-8/h1-7,12H,(H,18,19)(H,20,21)/t12-/m1/s1. The lowest BCUT2D eigenvalue weighted by Crippen LogP contribution is -2.34. The number of carbonyl (C=O) groups is 2. The third-order valence-corrected chi connectivity index (χ3v) is 3.30. The molecular formula is C14H10Cl2N2O3. The molecule has 1 atom stereocenters. The Hall–Kier alpha value is -2.11. The Morgan fingerprint density at radius 3 is 2.43 bits per heavy atom. The molecule has 1 aromatic carbocycles. The molecule has 1 aromatic heterocycles. The molecule has 0 spiro atoms. The Morgan fingerprint density at radius 1 is 1.14 bits per heavy atom. The maximum absolute atomic E-state index is 12.1. The maximum atomic E-state index is 12.1. The number of carbonyl (C=O) groups excluding carboxylic acids is 1. The number of carboxylic acid groups (broad SMARTS) is 1. The molecule has 2 rings (SSSR count). The summed E-state index contributed by atoms with van der Waals surface area (Å²) >= 11 is 11.6. The summed E-state index contributed by atoms with van der Waals surface area (Å²) in [5.41, 5.74) is 0.514. The zero-order valence-electron chi connectivity index (χ0n) is 10.6. The van der Waals surface area contributed by atoms with Gasteiger partial charge in [-0.3, -0.25) is 4.79 Å². The Kier molecular flexibility index (Phi) is 4.77. The minimum atomic E-state index is -1.25. The van der Waals surface area contributed by atoms with Crippen LogP contribution in [-0.2, 0) is 4.79 Å². The lowest BCUT2D eigenvalue weighted by Gasteiger charge is -2.16. The van der Waals surface area contributed by atoms with E-state index < -0.39 is 17.9 Å². The Morgan fingerprint density at radius 2 is 1.86 bits per heavy atom. The van der Waals surface area contributed by atoms with Crippen molar-refractivity contribution in [3.05, 3.63) is 63.9 Å². The van der Waals surface area contributed by atoms with Gasteiger partial charge in [-0.2, -0.15) is 0 Å². The first kappa shape index (κ1) is 15.3. The largest absolute Gasteiger partial charge is 0.479 e. The minimum absolute atomic E-state index is 0.206. The van der Waals surface area contributed by atoms with Crippen LogP contribution in [0.2, 0.25) is 10.2 Å². The number of rotatable bonds is 4.